The van der Waals surface area contributed by atoms with Crippen LogP contribution in [0.5, 0.6) is 0 Å². The van der Waals surface area contributed by atoms with Gasteiger partial charge in [-0.1, -0.05) is 6.92 Å². The van der Waals surface area contributed by atoms with Crippen LogP contribution in [0.2, 0.25) is 0 Å². The van der Waals surface area contributed by atoms with Crippen molar-refractivity contribution in [2.45, 2.75) is 11.8 Å². The van der Waals surface area contributed by atoms with Crippen LogP contribution in [0.4, 0.5) is 5.69 Å². The first-order chi connectivity index (χ1) is 6.77. The van der Waals surface area contributed by atoms with Crippen molar-refractivity contribution in [1.82, 2.24) is 5.43 Å². The van der Waals surface area contributed by atoms with Gasteiger partial charge in [0, 0.05) is 17.6 Å². The maximum Gasteiger partial charge on any atom is 0.0805 e. The minimum absolute atomic E-state index is 0.653. The van der Waals surface area contributed by atoms with Gasteiger partial charge in [0.2, 0.25) is 0 Å². The third-order valence-electron chi connectivity index (χ3n) is 1.92. The molecule has 1 aromatic rings. The van der Waals surface area contributed by atoms with Crippen molar-refractivity contribution in [2.24, 2.45) is 5.84 Å². The summed E-state index contributed by atoms with van der Waals surface area (Å²) in [4.78, 5) is 3.37. The van der Waals surface area contributed by atoms with E-state index in [0.717, 1.165) is 5.75 Å². The first kappa shape index (κ1) is 11.4. The average molecular weight is 211 g/mol. The highest BCUT2D eigenvalue weighted by Gasteiger charge is 1.98. The summed E-state index contributed by atoms with van der Waals surface area (Å²) >= 11 is 1.85. The first-order valence-corrected chi connectivity index (χ1v) is 5.64. The zero-order chi connectivity index (χ0) is 10.4. The number of hydrogen-bond acceptors (Lipinski definition) is 4. The van der Waals surface area contributed by atoms with Gasteiger partial charge in [-0.3, -0.25) is 5.84 Å². The van der Waals surface area contributed by atoms with Crippen molar-refractivity contribution >= 4 is 17.4 Å². The van der Waals surface area contributed by atoms with Gasteiger partial charge in [0.1, 0.15) is 0 Å². The molecule has 0 atom stereocenters. The van der Waals surface area contributed by atoms with E-state index >= 15 is 0 Å². The molecule has 0 aliphatic rings. The fourth-order valence-corrected chi connectivity index (χ4v) is 1.85. The lowest BCUT2D eigenvalue weighted by Crippen LogP contribution is -2.35. The monoisotopic (exact) mass is 211 g/mol. The number of nitrogens with one attached hydrogen (secondary N) is 1. The van der Waals surface area contributed by atoms with Gasteiger partial charge in [0.15, 0.2) is 0 Å². The summed E-state index contributed by atoms with van der Waals surface area (Å²) in [5, 5.41) is 0. The lowest BCUT2D eigenvalue weighted by molar-refractivity contribution is 0.718. The van der Waals surface area contributed by atoms with Crippen molar-refractivity contribution in [2.75, 3.05) is 24.4 Å². The Balaban J connectivity index is 2.62. The molecule has 0 aliphatic carbocycles. The molecule has 0 bridgehead atoms. The Morgan fingerprint density at radius 3 is 2.50 bits per heavy atom. The second-order valence-corrected chi connectivity index (χ2v) is 4.32. The largest absolute Gasteiger partial charge is 0.361 e. The molecule has 4 heteroatoms. The summed E-state index contributed by atoms with van der Waals surface area (Å²) in [6, 6.07) is 8.48. The molecule has 0 aromatic heterocycles. The van der Waals surface area contributed by atoms with E-state index in [1.54, 1.807) is 0 Å². The minimum atomic E-state index is 0.653. The van der Waals surface area contributed by atoms with Gasteiger partial charge in [-0.25, -0.2) is 5.43 Å². The van der Waals surface area contributed by atoms with Crippen LogP contribution >= 0.6 is 11.8 Å². The smallest absolute Gasteiger partial charge is 0.0805 e. The van der Waals surface area contributed by atoms with E-state index in [0.29, 0.717) is 6.67 Å². The van der Waals surface area contributed by atoms with Crippen LogP contribution in [0.25, 0.3) is 0 Å². The van der Waals surface area contributed by atoms with Gasteiger partial charge in [0.05, 0.1) is 6.67 Å². The average Bonchev–Trinajstić information content (AvgIpc) is 2.20. The van der Waals surface area contributed by atoms with Crippen LogP contribution in [-0.4, -0.2) is 19.5 Å². The Morgan fingerprint density at radius 1 is 1.36 bits per heavy atom. The molecule has 0 saturated carbocycles. The summed E-state index contributed by atoms with van der Waals surface area (Å²) in [7, 11) is 2.00. The molecule has 0 radical (unpaired) electrons. The van der Waals surface area contributed by atoms with Crippen LogP contribution in [-0.2, 0) is 0 Å². The Labute approximate surface area is 89.6 Å². The highest BCUT2D eigenvalue weighted by molar-refractivity contribution is 7.99. The molecular formula is C10H17N3S. The second kappa shape index (κ2) is 5.90. The summed E-state index contributed by atoms with van der Waals surface area (Å²) < 4.78 is 0. The van der Waals surface area contributed by atoms with Gasteiger partial charge in [-0.15, -0.1) is 11.8 Å². The molecular weight excluding hydrogens is 194 g/mol. The van der Waals surface area contributed by atoms with E-state index in [1.165, 1.54) is 10.6 Å². The normalized spacial score (nSPS) is 10.2. The molecule has 0 heterocycles. The number of thioether (sulfide) groups is 1. The van der Waals surface area contributed by atoms with Crippen LogP contribution in [0.3, 0.4) is 0 Å². The first-order valence-electron chi connectivity index (χ1n) is 4.65. The highest BCUT2D eigenvalue weighted by atomic mass is 32.2. The molecule has 0 spiro atoms. The molecule has 1 aromatic carbocycles. The lowest BCUT2D eigenvalue weighted by atomic mass is 10.3. The number of nitrogens with two attached hydrogens (primary N) is 1. The summed E-state index contributed by atoms with van der Waals surface area (Å²) in [6.45, 7) is 2.81. The molecule has 0 aliphatic heterocycles. The maximum atomic E-state index is 5.25. The highest BCUT2D eigenvalue weighted by Crippen LogP contribution is 2.20. The summed E-state index contributed by atoms with van der Waals surface area (Å²) in [5.74, 6) is 6.36. The van der Waals surface area contributed by atoms with Gasteiger partial charge in [-0.05, 0) is 30.0 Å². The summed E-state index contributed by atoms with van der Waals surface area (Å²) in [5.41, 5.74) is 3.80. The SMILES string of the molecule is CCSc1ccc(N(C)CNN)cc1. The van der Waals surface area contributed by atoms with Gasteiger partial charge in [-0.2, -0.15) is 0 Å². The Bertz CT molecular complexity index is 261. The van der Waals surface area contributed by atoms with Crippen LogP contribution in [0, 0.1) is 0 Å². The van der Waals surface area contributed by atoms with Crippen LogP contribution in [0.15, 0.2) is 29.2 Å². The minimum Gasteiger partial charge on any atom is -0.361 e. The molecule has 3 N–H and O–H groups in total. The molecule has 0 fully saturated rings. The number of benzene rings is 1. The van der Waals surface area contributed by atoms with Crippen molar-refractivity contribution in [3.63, 3.8) is 0 Å². The van der Waals surface area contributed by atoms with Gasteiger partial charge < -0.3 is 4.90 Å². The van der Waals surface area contributed by atoms with Crippen LogP contribution < -0.4 is 16.2 Å². The zero-order valence-corrected chi connectivity index (χ0v) is 9.47. The van der Waals surface area contributed by atoms with Crippen molar-refractivity contribution in [3.8, 4) is 0 Å². The molecule has 0 unspecified atom stereocenters. The number of rotatable bonds is 5. The van der Waals surface area contributed by atoms with E-state index in [9.17, 15) is 0 Å². The lowest BCUT2D eigenvalue weighted by Gasteiger charge is -2.18. The van der Waals surface area contributed by atoms with Crippen molar-refractivity contribution in [1.29, 1.82) is 0 Å². The Hall–Kier alpha value is -0.710. The molecule has 1 rings (SSSR count). The van der Waals surface area contributed by atoms with E-state index in [-0.39, 0.29) is 0 Å². The zero-order valence-electron chi connectivity index (χ0n) is 8.66. The van der Waals surface area contributed by atoms with Gasteiger partial charge >= 0.3 is 0 Å². The number of nitrogens with zero attached hydrogens (tertiary/aromatic N) is 1. The predicted molar refractivity (Wildman–Crippen MR) is 63.4 cm³/mol. The quantitative estimate of drug-likeness (QED) is 0.336. The fourth-order valence-electron chi connectivity index (χ4n) is 1.19. The second-order valence-electron chi connectivity index (χ2n) is 2.99. The molecule has 78 valence electrons. The van der Waals surface area contributed by atoms with Crippen molar-refractivity contribution < 1.29 is 0 Å². The number of hydrogen-bond donors (Lipinski definition) is 2. The predicted octanol–water partition coefficient (Wildman–Crippen LogP) is 1.66. The van der Waals surface area contributed by atoms with E-state index in [4.69, 9.17) is 5.84 Å². The number of anilines is 1. The maximum absolute atomic E-state index is 5.25. The fraction of sp³-hybridized carbons (Fsp3) is 0.400. The Morgan fingerprint density at radius 2 is 2.00 bits per heavy atom. The van der Waals surface area contributed by atoms with E-state index < -0.39 is 0 Å². The summed E-state index contributed by atoms with van der Waals surface area (Å²) in [6.07, 6.45) is 0. The van der Waals surface area contributed by atoms with Gasteiger partial charge in [0.25, 0.3) is 0 Å². The number of hydrazine groups is 1. The topological polar surface area (TPSA) is 41.3 Å². The molecule has 0 amide bonds. The molecule has 0 saturated heterocycles. The third kappa shape index (κ3) is 3.21. The van der Waals surface area contributed by atoms with Crippen molar-refractivity contribution in [3.05, 3.63) is 24.3 Å². The molecule has 3 nitrogen and oxygen atoms in total. The third-order valence-corrected chi connectivity index (χ3v) is 2.81. The standard InChI is InChI=1S/C10H17N3S/c1-3-14-10-6-4-9(5-7-10)13(2)8-12-11/h4-7,12H,3,8,11H2,1-2H3. The van der Waals surface area contributed by atoms with Crippen LogP contribution in [0.1, 0.15) is 6.92 Å². The van der Waals surface area contributed by atoms with E-state index in [2.05, 4.69) is 41.5 Å². The van der Waals surface area contributed by atoms with E-state index in [1.807, 2.05) is 18.8 Å². The Kier molecular flexibility index (Phi) is 4.79. The molecule has 14 heavy (non-hydrogen) atoms.